The molecule has 2 aliphatic heterocycles. The molecule has 2 atom stereocenters. The molecule has 0 saturated carbocycles. The zero-order valence-electron chi connectivity index (χ0n) is 20.9. The number of nitrogens with zero attached hydrogens (tertiary/aromatic N) is 8. The first kappa shape index (κ1) is 23.1. The fourth-order valence-electron chi connectivity index (χ4n) is 4.87. The SMILES string of the molecule is Cc1cnn(-c2ccc(C(=O)N3C4COCC3CN(c3nc(C)cc(Nc5cc(C)[nH]n5)n3)C4)cn2)c1. The van der Waals surface area contributed by atoms with Crippen LogP contribution in [0.15, 0.2) is 42.9 Å². The van der Waals surface area contributed by atoms with Crippen molar-refractivity contribution in [3.05, 3.63) is 65.4 Å². The number of carbonyl (C=O) groups excluding carboxylic acids is 1. The summed E-state index contributed by atoms with van der Waals surface area (Å²) in [5, 5.41) is 14.7. The molecule has 2 aliphatic rings. The van der Waals surface area contributed by atoms with Crippen molar-refractivity contribution in [1.82, 2.24) is 39.8 Å². The number of ether oxygens (including phenoxy) is 1. The lowest BCUT2D eigenvalue weighted by molar-refractivity contribution is -0.0431. The zero-order chi connectivity index (χ0) is 25.5. The van der Waals surface area contributed by atoms with Crippen LogP contribution in [0.1, 0.15) is 27.3 Å². The van der Waals surface area contributed by atoms with Crippen molar-refractivity contribution in [2.75, 3.05) is 36.5 Å². The van der Waals surface area contributed by atoms with Crippen molar-refractivity contribution in [3.63, 3.8) is 0 Å². The Labute approximate surface area is 213 Å². The van der Waals surface area contributed by atoms with E-state index in [1.54, 1.807) is 17.1 Å². The predicted molar refractivity (Wildman–Crippen MR) is 136 cm³/mol. The van der Waals surface area contributed by atoms with Gasteiger partial charge >= 0.3 is 0 Å². The molecule has 0 aliphatic carbocycles. The van der Waals surface area contributed by atoms with Gasteiger partial charge in [-0.25, -0.2) is 14.6 Å². The number of anilines is 3. The Kier molecular flexibility index (Phi) is 5.80. The second-order valence-corrected chi connectivity index (χ2v) is 9.59. The molecule has 2 N–H and O–H groups in total. The van der Waals surface area contributed by atoms with Gasteiger partial charge in [-0.2, -0.15) is 15.2 Å². The van der Waals surface area contributed by atoms with Crippen LogP contribution in [-0.4, -0.2) is 84.1 Å². The fraction of sp³-hybridized carbons (Fsp3) is 0.360. The summed E-state index contributed by atoms with van der Waals surface area (Å²) in [6.45, 7) is 7.93. The van der Waals surface area contributed by atoms with Gasteiger partial charge in [0, 0.05) is 49.0 Å². The van der Waals surface area contributed by atoms with Crippen molar-refractivity contribution >= 4 is 23.5 Å². The molecule has 190 valence electrons. The van der Waals surface area contributed by atoms with Crippen LogP contribution in [0.2, 0.25) is 0 Å². The molecule has 2 bridgehead atoms. The molecule has 0 spiro atoms. The number of piperazine rings is 1. The van der Waals surface area contributed by atoms with Gasteiger partial charge in [-0.1, -0.05) is 0 Å². The van der Waals surface area contributed by atoms with Crippen LogP contribution in [-0.2, 0) is 4.74 Å². The van der Waals surface area contributed by atoms with Gasteiger partial charge in [0.2, 0.25) is 5.95 Å². The van der Waals surface area contributed by atoms with Gasteiger partial charge < -0.3 is 19.9 Å². The Morgan fingerprint density at radius 2 is 1.86 bits per heavy atom. The number of hydrogen-bond donors (Lipinski definition) is 2. The molecule has 2 saturated heterocycles. The second-order valence-electron chi connectivity index (χ2n) is 9.59. The summed E-state index contributed by atoms with van der Waals surface area (Å²) in [4.78, 5) is 31.5. The number of aromatic nitrogens is 7. The minimum Gasteiger partial charge on any atom is -0.377 e. The third-order valence-electron chi connectivity index (χ3n) is 6.53. The highest BCUT2D eigenvalue weighted by atomic mass is 16.5. The number of fused-ring (bicyclic) bond motifs is 2. The molecule has 0 aromatic carbocycles. The van der Waals surface area contributed by atoms with Crippen molar-refractivity contribution in [2.45, 2.75) is 32.9 Å². The number of carbonyl (C=O) groups is 1. The highest BCUT2D eigenvalue weighted by Gasteiger charge is 2.42. The van der Waals surface area contributed by atoms with E-state index in [1.165, 1.54) is 0 Å². The van der Waals surface area contributed by atoms with Crippen LogP contribution in [0.5, 0.6) is 0 Å². The summed E-state index contributed by atoms with van der Waals surface area (Å²) in [6.07, 6.45) is 5.29. The maximum absolute atomic E-state index is 13.6. The highest BCUT2D eigenvalue weighted by Crippen LogP contribution is 2.27. The number of pyridine rings is 1. The minimum absolute atomic E-state index is 0.0462. The maximum atomic E-state index is 13.6. The monoisotopic (exact) mass is 500 g/mol. The normalized spacial score (nSPS) is 19.2. The third-order valence-corrected chi connectivity index (χ3v) is 6.53. The van der Waals surface area contributed by atoms with Crippen LogP contribution < -0.4 is 10.2 Å². The molecular formula is C25H28N10O2. The Balaban J connectivity index is 1.20. The minimum atomic E-state index is -0.122. The quantitative estimate of drug-likeness (QED) is 0.423. The van der Waals surface area contributed by atoms with Crippen molar-refractivity contribution < 1.29 is 9.53 Å². The molecular weight excluding hydrogens is 472 g/mol. The van der Waals surface area contributed by atoms with Crippen molar-refractivity contribution in [2.24, 2.45) is 0 Å². The van der Waals surface area contributed by atoms with E-state index in [2.05, 4.69) is 35.5 Å². The molecule has 1 amide bonds. The number of rotatable bonds is 5. The average molecular weight is 501 g/mol. The lowest BCUT2D eigenvalue weighted by Gasteiger charge is -2.49. The maximum Gasteiger partial charge on any atom is 0.256 e. The van der Waals surface area contributed by atoms with Crippen LogP contribution in [0.4, 0.5) is 17.6 Å². The molecule has 2 fully saturated rings. The summed E-state index contributed by atoms with van der Waals surface area (Å²) < 4.78 is 7.53. The zero-order valence-corrected chi connectivity index (χ0v) is 20.9. The van der Waals surface area contributed by atoms with Gasteiger partial charge in [0.1, 0.15) is 5.82 Å². The molecule has 6 heterocycles. The molecule has 6 rings (SSSR count). The molecule has 4 aromatic heterocycles. The molecule has 4 aromatic rings. The standard InChI is InChI=1S/C25H28N10O2/c1-15-8-27-34(10-15)23-5-4-18(9-26-23)24(36)35-19-11-33(12-20(35)14-37-13-19)25-28-16(2)6-21(30-25)29-22-7-17(3)31-32-22/h4-10,19-20H,11-14H2,1-3H3,(H2,28,29,30,31,32). The van der Waals surface area contributed by atoms with E-state index < -0.39 is 0 Å². The Bertz CT molecular complexity index is 1420. The second kappa shape index (κ2) is 9.28. The molecule has 12 nitrogen and oxygen atoms in total. The molecule has 37 heavy (non-hydrogen) atoms. The summed E-state index contributed by atoms with van der Waals surface area (Å²) in [5.41, 5.74) is 3.40. The molecule has 0 radical (unpaired) electrons. The van der Waals surface area contributed by atoms with E-state index in [0.29, 0.717) is 55.3 Å². The number of aryl methyl sites for hydroxylation is 3. The first-order valence-electron chi connectivity index (χ1n) is 12.2. The molecule has 2 unspecified atom stereocenters. The first-order valence-corrected chi connectivity index (χ1v) is 12.2. The topological polar surface area (TPSA) is 130 Å². The summed E-state index contributed by atoms with van der Waals surface area (Å²) in [7, 11) is 0. The highest BCUT2D eigenvalue weighted by molar-refractivity contribution is 5.94. The van der Waals surface area contributed by atoms with Gasteiger partial charge in [-0.3, -0.25) is 9.89 Å². The lowest BCUT2D eigenvalue weighted by Crippen LogP contribution is -2.66. The van der Waals surface area contributed by atoms with E-state index in [9.17, 15) is 4.79 Å². The average Bonchev–Trinajstić information content (AvgIpc) is 3.50. The summed E-state index contributed by atoms with van der Waals surface area (Å²) in [5.74, 6) is 2.62. The smallest absolute Gasteiger partial charge is 0.256 e. The number of amides is 1. The van der Waals surface area contributed by atoms with Crippen LogP contribution in [0.25, 0.3) is 5.82 Å². The third kappa shape index (κ3) is 4.62. The number of aromatic amines is 1. The van der Waals surface area contributed by atoms with Gasteiger partial charge in [-0.05, 0) is 38.5 Å². The summed E-state index contributed by atoms with van der Waals surface area (Å²) >= 11 is 0. The van der Waals surface area contributed by atoms with Crippen molar-refractivity contribution in [1.29, 1.82) is 0 Å². The largest absolute Gasteiger partial charge is 0.377 e. The van der Waals surface area contributed by atoms with Crippen LogP contribution in [0, 0.1) is 20.8 Å². The number of hydrogen-bond acceptors (Lipinski definition) is 9. The van der Waals surface area contributed by atoms with E-state index in [-0.39, 0.29) is 18.0 Å². The van der Waals surface area contributed by atoms with Gasteiger partial charge in [0.05, 0.1) is 37.1 Å². The Hall–Kier alpha value is -4.32. The van der Waals surface area contributed by atoms with Crippen LogP contribution >= 0.6 is 0 Å². The van der Waals surface area contributed by atoms with Crippen LogP contribution in [0.3, 0.4) is 0 Å². The van der Waals surface area contributed by atoms with E-state index in [1.807, 2.05) is 56.1 Å². The van der Waals surface area contributed by atoms with Gasteiger partial charge in [0.25, 0.3) is 5.91 Å². The van der Waals surface area contributed by atoms with E-state index in [4.69, 9.17) is 9.72 Å². The number of morpholine rings is 1. The first-order chi connectivity index (χ1) is 17.9. The van der Waals surface area contributed by atoms with E-state index >= 15 is 0 Å². The number of H-pyrrole nitrogens is 1. The van der Waals surface area contributed by atoms with Gasteiger partial charge in [-0.15, -0.1) is 0 Å². The van der Waals surface area contributed by atoms with E-state index in [0.717, 1.165) is 17.0 Å². The Morgan fingerprint density at radius 1 is 1.05 bits per heavy atom. The van der Waals surface area contributed by atoms with Crippen molar-refractivity contribution in [3.8, 4) is 5.82 Å². The fourth-order valence-corrected chi connectivity index (χ4v) is 4.87. The number of nitrogens with one attached hydrogen (secondary N) is 2. The van der Waals surface area contributed by atoms with Gasteiger partial charge in [0.15, 0.2) is 11.6 Å². The summed E-state index contributed by atoms with van der Waals surface area (Å²) in [6, 6.07) is 7.19. The lowest BCUT2D eigenvalue weighted by atomic mass is 10.0. The predicted octanol–water partition coefficient (Wildman–Crippen LogP) is 2.18. The molecule has 12 heteroatoms. The Morgan fingerprint density at radius 3 is 2.51 bits per heavy atom.